The van der Waals surface area contributed by atoms with Crippen LogP contribution >= 0.6 is 0 Å². The minimum absolute atomic E-state index is 0.208. The van der Waals surface area contributed by atoms with Crippen LogP contribution in [0.5, 0.6) is 0 Å². The van der Waals surface area contributed by atoms with Crippen molar-refractivity contribution in [2.75, 3.05) is 5.32 Å². The first-order valence-electron chi connectivity index (χ1n) is 12.7. The lowest BCUT2D eigenvalue weighted by atomic mass is 9.72. The van der Waals surface area contributed by atoms with Crippen molar-refractivity contribution in [1.29, 1.82) is 0 Å². The average Bonchev–Trinajstić information content (AvgIpc) is 3.62. The van der Waals surface area contributed by atoms with E-state index in [9.17, 15) is 14.4 Å². The molecule has 2 N–H and O–H groups in total. The molecule has 1 aliphatic heterocycles. The molecule has 1 unspecified atom stereocenters. The summed E-state index contributed by atoms with van der Waals surface area (Å²) < 4.78 is 1.92. The lowest BCUT2D eigenvalue weighted by Crippen LogP contribution is -2.51. The highest BCUT2D eigenvalue weighted by Crippen LogP contribution is 2.41. The summed E-state index contributed by atoms with van der Waals surface area (Å²) in [4.78, 5) is 42.9. The van der Waals surface area contributed by atoms with Gasteiger partial charge < -0.3 is 5.32 Å². The molecule has 1 saturated carbocycles. The highest BCUT2D eigenvalue weighted by molar-refractivity contribution is 6.13. The Morgan fingerprint density at radius 1 is 1.19 bits per heavy atom. The minimum Gasteiger partial charge on any atom is -0.322 e. The van der Waals surface area contributed by atoms with Gasteiger partial charge in [0.15, 0.2) is 5.65 Å². The lowest BCUT2D eigenvalue weighted by Gasteiger charge is -2.35. The third-order valence-electron chi connectivity index (χ3n) is 7.47. The molecule has 0 spiro atoms. The summed E-state index contributed by atoms with van der Waals surface area (Å²) >= 11 is 0. The third kappa shape index (κ3) is 4.08. The van der Waals surface area contributed by atoms with Crippen LogP contribution in [0.2, 0.25) is 0 Å². The van der Waals surface area contributed by atoms with Crippen LogP contribution < -0.4 is 10.6 Å². The SMILES string of the molecule is CCC1(c2ccc(NC(=O)c3cc(C4CC4)nc4c3c(C)nn4C(C)(C)C)cc2)CCC(=O)NC1=O. The fraction of sp³-hybridized carbons (Fsp3) is 0.464. The van der Waals surface area contributed by atoms with E-state index in [4.69, 9.17) is 10.1 Å². The van der Waals surface area contributed by atoms with Crippen molar-refractivity contribution in [3.63, 3.8) is 0 Å². The number of aromatic nitrogens is 3. The van der Waals surface area contributed by atoms with Crippen LogP contribution in [0.4, 0.5) is 5.69 Å². The van der Waals surface area contributed by atoms with Crippen LogP contribution in [-0.4, -0.2) is 32.5 Å². The first-order valence-corrected chi connectivity index (χ1v) is 12.7. The molecular formula is C28H33N5O3. The second-order valence-corrected chi connectivity index (χ2v) is 11.1. The molecule has 3 amide bonds. The maximum Gasteiger partial charge on any atom is 0.256 e. The molecule has 8 nitrogen and oxygen atoms in total. The predicted octanol–water partition coefficient (Wildman–Crippen LogP) is 4.71. The number of benzene rings is 1. The highest BCUT2D eigenvalue weighted by atomic mass is 16.2. The molecule has 188 valence electrons. The van der Waals surface area contributed by atoms with E-state index >= 15 is 0 Å². The number of nitrogens with one attached hydrogen (secondary N) is 2. The summed E-state index contributed by atoms with van der Waals surface area (Å²) in [6.45, 7) is 10.1. The Bertz CT molecular complexity index is 1380. The van der Waals surface area contributed by atoms with Gasteiger partial charge in [-0.3, -0.25) is 19.7 Å². The summed E-state index contributed by atoms with van der Waals surface area (Å²) in [5.74, 6) is -0.300. The average molecular weight is 488 g/mol. The van der Waals surface area contributed by atoms with Crippen molar-refractivity contribution < 1.29 is 14.4 Å². The largest absolute Gasteiger partial charge is 0.322 e. The zero-order valence-electron chi connectivity index (χ0n) is 21.6. The summed E-state index contributed by atoms with van der Waals surface area (Å²) in [6, 6.07) is 9.30. The van der Waals surface area contributed by atoms with Gasteiger partial charge in [0.25, 0.3) is 5.91 Å². The number of carbonyl (C=O) groups is 3. The maximum absolute atomic E-state index is 13.6. The molecule has 2 aliphatic rings. The summed E-state index contributed by atoms with van der Waals surface area (Å²) in [5.41, 5.74) is 3.52. The van der Waals surface area contributed by atoms with Gasteiger partial charge in [0, 0.05) is 23.7 Å². The van der Waals surface area contributed by atoms with Gasteiger partial charge in [0.2, 0.25) is 11.8 Å². The molecule has 0 radical (unpaired) electrons. The standard InChI is InChI=1S/C28H33N5O3/c1-6-28(14-13-22(34)31-26(28)36)18-9-11-19(12-10-18)29-25(35)20-15-21(17-7-8-17)30-24-23(20)16(2)32-33(24)27(3,4)5/h9-12,15,17H,6-8,13-14H2,1-5H3,(H,29,35)(H,31,34,36). The molecule has 2 aromatic heterocycles. The monoisotopic (exact) mass is 487 g/mol. The van der Waals surface area contributed by atoms with Crippen molar-refractivity contribution in [3.8, 4) is 0 Å². The van der Waals surface area contributed by atoms with Crippen LogP contribution in [0.1, 0.15) is 93.0 Å². The van der Waals surface area contributed by atoms with Crippen molar-refractivity contribution in [3.05, 3.63) is 52.8 Å². The maximum atomic E-state index is 13.6. The van der Waals surface area contributed by atoms with Gasteiger partial charge >= 0.3 is 0 Å². The summed E-state index contributed by atoms with van der Waals surface area (Å²) in [5, 5.41) is 11.0. The normalized spacial score (nSPS) is 20.5. The molecule has 3 aromatic rings. The van der Waals surface area contributed by atoms with Gasteiger partial charge in [-0.2, -0.15) is 5.10 Å². The van der Waals surface area contributed by atoms with E-state index in [1.807, 2.05) is 48.9 Å². The minimum atomic E-state index is -0.731. The topological polar surface area (TPSA) is 106 Å². The van der Waals surface area contributed by atoms with E-state index in [0.29, 0.717) is 36.4 Å². The number of fused-ring (bicyclic) bond motifs is 1. The molecule has 1 aromatic carbocycles. The zero-order chi connectivity index (χ0) is 25.8. The zero-order valence-corrected chi connectivity index (χ0v) is 21.6. The third-order valence-corrected chi connectivity index (χ3v) is 7.47. The Hall–Kier alpha value is -3.55. The van der Waals surface area contributed by atoms with Crippen LogP contribution in [0.25, 0.3) is 11.0 Å². The quantitative estimate of drug-likeness (QED) is 0.507. The van der Waals surface area contributed by atoms with E-state index in [0.717, 1.165) is 40.8 Å². The fourth-order valence-electron chi connectivity index (χ4n) is 5.18. The smallest absolute Gasteiger partial charge is 0.256 e. The lowest BCUT2D eigenvalue weighted by molar-refractivity contribution is -0.138. The number of amides is 3. The molecule has 8 heteroatoms. The molecule has 1 atom stereocenters. The molecule has 1 aliphatic carbocycles. The van der Waals surface area contributed by atoms with Gasteiger partial charge in [0.05, 0.1) is 27.6 Å². The molecule has 3 heterocycles. The highest BCUT2D eigenvalue weighted by Gasteiger charge is 2.42. The van der Waals surface area contributed by atoms with Gasteiger partial charge in [-0.1, -0.05) is 19.1 Å². The Balaban J connectivity index is 1.47. The van der Waals surface area contributed by atoms with Crippen molar-refractivity contribution in [1.82, 2.24) is 20.1 Å². The van der Waals surface area contributed by atoms with Crippen LogP contribution in [-0.2, 0) is 20.5 Å². The number of imide groups is 1. The van der Waals surface area contributed by atoms with Gasteiger partial charge in [-0.15, -0.1) is 0 Å². The number of nitrogens with zero attached hydrogens (tertiary/aromatic N) is 3. The Labute approximate surface area is 210 Å². The van der Waals surface area contributed by atoms with E-state index in [1.165, 1.54) is 0 Å². The first kappa shape index (κ1) is 24.2. The molecule has 2 fully saturated rings. The van der Waals surface area contributed by atoms with Gasteiger partial charge in [-0.05, 0) is 77.1 Å². The van der Waals surface area contributed by atoms with Crippen LogP contribution in [0, 0.1) is 6.92 Å². The fourth-order valence-corrected chi connectivity index (χ4v) is 5.18. The molecule has 0 bridgehead atoms. The summed E-state index contributed by atoms with van der Waals surface area (Å²) in [6.07, 6.45) is 3.56. The van der Waals surface area contributed by atoms with Crippen molar-refractivity contribution in [2.45, 2.75) is 83.6 Å². The van der Waals surface area contributed by atoms with E-state index in [-0.39, 0.29) is 23.3 Å². The number of rotatable bonds is 5. The van der Waals surface area contributed by atoms with E-state index in [2.05, 4.69) is 31.4 Å². The van der Waals surface area contributed by atoms with Gasteiger partial charge in [0.1, 0.15) is 0 Å². The number of piperidine rings is 1. The Morgan fingerprint density at radius 2 is 1.89 bits per heavy atom. The first-order chi connectivity index (χ1) is 17.0. The predicted molar refractivity (Wildman–Crippen MR) is 138 cm³/mol. The molecular weight excluding hydrogens is 454 g/mol. The number of aryl methyl sites for hydroxylation is 1. The molecule has 5 rings (SSSR count). The van der Waals surface area contributed by atoms with Crippen molar-refractivity contribution >= 4 is 34.4 Å². The number of hydrogen-bond acceptors (Lipinski definition) is 5. The van der Waals surface area contributed by atoms with E-state index in [1.54, 1.807) is 0 Å². The van der Waals surface area contributed by atoms with Gasteiger partial charge in [-0.25, -0.2) is 9.67 Å². The molecule has 1 saturated heterocycles. The number of carbonyl (C=O) groups excluding carboxylic acids is 3. The Kier molecular flexibility index (Phi) is 5.73. The van der Waals surface area contributed by atoms with Crippen LogP contribution in [0.15, 0.2) is 30.3 Å². The molecule has 36 heavy (non-hydrogen) atoms. The Morgan fingerprint density at radius 3 is 2.47 bits per heavy atom. The number of anilines is 1. The van der Waals surface area contributed by atoms with Crippen LogP contribution in [0.3, 0.4) is 0 Å². The second kappa shape index (κ2) is 8.54. The number of pyridine rings is 1. The number of hydrogen-bond donors (Lipinski definition) is 2. The van der Waals surface area contributed by atoms with Crippen molar-refractivity contribution in [2.24, 2.45) is 0 Å². The second-order valence-electron chi connectivity index (χ2n) is 11.1. The van der Waals surface area contributed by atoms with E-state index < -0.39 is 5.41 Å². The summed E-state index contributed by atoms with van der Waals surface area (Å²) in [7, 11) is 0.